The van der Waals surface area contributed by atoms with Crippen LogP contribution in [0.3, 0.4) is 0 Å². The van der Waals surface area contributed by atoms with Crippen molar-refractivity contribution in [2.24, 2.45) is 41.4 Å². The number of allylic oxidation sites excluding steroid dienone is 2. The van der Waals surface area contributed by atoms with Crippen LogP contribution in [0.15, 0.2) is 12.2 Å². The molecule has 10 atom stereocenters. The predicted molar refractivity (Wildman–Crippen MR) is 119 cm³/mol. The standard InChI is InChI=1S/C26H35F3O6/c1-3-15-5-4-6-22(30)13(2)24(32)21-11-19-17(20(21)12-23(31)34-15)8-7-14-9-16(10-18(14)19)35-25(33)26(27,28)29/h7-8,13-22,30H,3-6,9-12H2,1-2H3/t13-,14-,15+,16-,17-,18-,19-,20+,21-,22-/m1/s1. The van der Waals surface area contributed by atoms with E-state index in [0.717, 1.165) is 0 Å². The Hall–Kier alpha value is -1.90. The van der Waals surface area contributed by atoms with E-state index in [1.807, 2.05) is 19.1 Å². The molecular weight excluding hydrogens is 465 g/mol. The van der Waals surface area contributed by atoms with E-state index >= 15 is 0 Å². The maximum absolute atomic E-state index is 13.5. The van der Waals surface area contributed by atoms with Gasteiger partial charge in [0.1, 0.15) is 18.0 Å². The van der Waals surface area contributed by atoms with Crippen LogP contribution in [0.4, 0.5) is 13.2 Å². The van der Waals surface area contributed by atoms with Crippen molar-refractivity contribution in [3.63, 3.8) is 0 Å². The van der Waals surface area contributed by atoms with Crippen LogP contribution in [-0.4, -0.2) is 47.3 Å². The zero-order chi connectivity index (χ0) is 25.5. The number of alkyl halides is 3. The average Bonchev–Trinajstić information content (AvgIpc) is 3.36. The number of aliphatic hydroxyl groups excluding tert-OH is 1. The number of carbonyl (C=O) groups is 3. The molecule has 0 aromatic rings. The first-order valence-electron chi connectivity index (χ1n) is 12.9. The number of hydrogen-bond donors (Lipinski definition) is 1. The number of hydrogen-bond acceptors (Lipinski definition) is 6. The highest BCUT2D eigenvalue weighted by atomic mass is 19.4. The summed E-state index contributed by atoms with van der Waals surface area (Å²) in [5.74, 6) is -3.94. The number of carbonyl (C=O) groups excluding carboxylic acids is 3. The highest BCUT2D eigenvalue weighted by molar-refractivity contribution is 5.85. The van der Waals surface area contributed by atoms with Crippen LogP contribution in [0.5, 0.6) is 0 Å². The smallest absolute Gasteiger partial charge is 0.462 e. The summed E-state index contributed by atoms with van der Waals surface area (Å²) >= 11 is 0. The molecule has 3 fully saturated rings. The van der Waals surface area contributed by atoms with E-state index in [1.54, 1.807) is 6.92 Å². The molecule has 0 unspecified atom stereocenters. The van der Waals surface area contributed by atoms with Crippen LogP contribution in [0.2, 0.25) is 0 Å². The Kier molecular flexibility index (Phi) is 7.65. The van der Waals surface area contributed by atoms with Crippen molar-refractivity contribution < 1.29 is 42.1 Å². The van der Waals surface area contributed by atoms with Crippen LogP contribution in [-0.2, 0) is 23.9 Å². The van der Waals surface area contributed by atoms with Crippen molar-refractivity contribution in [2.75, 3.05) is 0 Å². The molecule has 196 valence electrons. The van der Waals surface area contributed by atoms with E-state index < -0.39 is 36.2 Å². The summed E-state index contributed by atoms with van der Waals surface area (Å²) in [6.07, 6.45) is 0.838. The number of rotatable bonds is 2. The Bertz CT molecular complexity index is 855. The van der Waals surface area contributed by atoms with Gasteiger partial charge in [0.05, 0.1) is 6.10 Å². The number of ether oxygens (including phenoxy) is 2. The predicted octanol–water partition coefficient (Wildman–Crippen LogP) is 4.39. The van der Waals surface area contributed by atoms with Gasteiger partial charge in [-0.3, -0.25) is 9.59 Å². The lowest BCUT2D eigenvalue weighted by atomic mass is 9.71. The Morgan fingerprint density at radius 1 is 1.11 bits per heavy atom. The van der Waals surface area contributed by atoms with Crippen LogP contribution in [0.1, 0.15) is 65.2 Å². The molecule has 1 heterocycles. The minimum absolute atomic E-state index is 0.00258. The molecule has 3 aliphatic carbocycles. The fourth-order valence-electron chi connectivity index (χ4n) is 7.02. The minimum atomic E-state index is -5.03. The van der Waals surface area contributed by atoms with E-state index in [0.29, 0.717) is 44.9 Å². The van der Waals surface area contributed by atoms with E-state index in [-0.39, 0.29) is 53.9 Å². The topological polar surface area (TPSA) is 89.9 Å². The molecule has 1 saturated heterocycles. The van der Waals surface area contributed by atoms with Gasteiger partial charge in [0.2, 0.25) is 0 Å². The molecule has 0 radical (unpaired) electrons. The van der Waals surface area contributed by atoms with Gasteiger partial charge in [-0.05, 0) is 74.5 Å². The molecule has 4 rings (SSSR count). The second-order valence-electron chi connectivity index (χ2n) is 10.9. The van der Waals surface area contributed by atoms with E-state index in [1.165, 1.54) is 0 Å². The number of cyclic esters (lactones) is 1. The van der Waals surface area contributed by atoms with Gasteiger partial charge < -0.3 is 14.6 Å². The first-order chi connectivity index (χ1) is 16.5. The van der Waals surface area contributed by atoms with Gasteiger partial charge in [-0.2, -0.15) is 13.2 Å². The molecule has 0 aromatic carbocycles. The Balaban J connectivity index is 1.55. The maximum atomic E-state index is 13.5. The third-order valence-electron chi connectivity index (χ3n) is 8.86. The normalized spacial score (nSPS) is 42.2. The van der Waals surface area contributed by atoms with Gasteiger partial charge in [-0.15, -0.1) is 0 Å². The molecule has 0 bridgehead atoms. The number of halogens is 3. The van der Waals surface area contributed by atoms with Crippen molar-refractivity contribution in [2.45, 2.75) is 89.7 Å². The SMILES string of the molecule is CC[C@H]1CCC[C@@H](O)[C@@H](C)C(=O)[C@@H]2C[C@@H]3[C@@H](C=C[C@@H]4C[C@@H](OC(=O)C(F)(F)F)C[C@@H]34)[C@@H]2CC(=O)O1. The first-order valence-corrected chi connectivity index (χ1v) is 12.9. The summed E-state index contributed by atoms with van der Waals surface area (Å²) in [6.45, 7) is 3.70. The Morgan fingerprint density at radius 3 is 2.54 bits per heavy atom. The third kappa shape index (κ3) is 5.44. The van der Waals surface area contributed by atoms with Crippen molar-refractivity contribution in [1.29, 1.82) is 0 Å². The molecule has 0 aromatic heterocycles. The number of esters is 2. The summed E-state index contributed by atoms with van der Waals surface area (Å²) in [5, 5.41) is 10.7. The highest BCUT2D eigenvalue weighted by Crippen LogP contribution is 2.56. The lowest BCUT2D eigenvalue weighted by Crippen LogP contribution is -2.35. The Morgan fingerprint density at radius 2 is 1.86 bits per heavy atom. The minimum Gasteiger partial charge on any atom is -0.462 e. The summed E-state index contributed by atoms with van der Waals surface area (Å²) in [5.41, 5.74) is 0. The third-order valence-corrected chi connectivity index (χ3v) is 8.86. The fraction of sp³-hybridized carbons (Fsp3) is 0.808. The van der Waals surface area contributed by atoms with Gasteiger partial charge in [-0.25, -0.2) is 4.79 Å². The largest absolute Gasteiger partial charge is 0.490 e. The van der Waals surface area contributed by atoms with Crippen LogP contribution < -0.4 is 0 Å². The molecule has 6 nitrogen and oxygen atoms in total. The second kappa shape index (κ2) is 10.2. The molecule has 0 spiro atoms. The zero-order valence-electron chi connectivity index (χ0n) is 20.2. The molecule has 1 aliphatic heterocycles. The molecular formula is C26H35F3O6. The molecule has 0 amide bonds. The van der Waals surface area contributed by atoms with Gasteiger partial charge in [0.15, 0.2) is 0 Å². The van der Waals surface area contributed by atoms with Crippen LogP contribution >= 0.6 is 0 Å². The Labute approximate surface area is 203 Å². The molecule has 35 heavy (non-hydrogen) atoms. The number of ketones is 1. The highest BCUT2D eigenvalue weighted by Gasteiger charge is 2.55. The molecule has 2 saturated carbocycles. The van der Waals surface area contributed by atoms with Crippen molar-refractivity contribution in [3.05, 3.63) is 12.2 Å². The quantitative estimate of drug-likeness (QED) is 0.447. The molecule has 4 aliphatic rings. The molecule has 1 N–H and O–H groups in total. The lowest BCUT2D eigenvalue weighted by Gasteiger charge is -2.33. The van der Waals surface area contributed by atoms with E-state index in [2.05, 4.69) is 0 Å². The summed E-state index contributed by atoms with van der Waals surface area (Å²) in [7, 11) is 0. The number of fused-ring (bicyclic) bond motifs is 5. The van der Waals surface area contributed by atoms with Gasteiger partial charge in [-0.1, -0.05) is 26.0 Å². The summed E-state index contributed by atoms with van der Waals surface area (Å²) in [4.78, 5) is 37.7. The van der Waals surface area contributed by atoms with Crippen molar-refractivity contribution in [3.8, 4) is 0 Å². The zero-order valence-corrected chi connectivity index (χ0v) is 20.2. The monoisotopic (exact) mass is 500 g/mol. The van der Waals surface area contributed by atoms with Crippen molar-refractivity contribution >= 4 is 17.7 Å². The fourth-order valence-corrected chi connectivity index (χ4v) is 7.02. The van der Waals surface area contributed by atoms with E-state index in [9.17, 15) is 32.7 Å². The second-order valence-corrected chi connectivity index (χ2v) is 10.9. The summed E-state index contributed by atoms with van der Waals surface area (Å²) < 4.78 is 48.6. The van der Waals surface area contributed by atoms with Gasteiger partial charge >= 0.3 is 18.1 Å². The van der Waals surface area contributed by atoms with Crippen molar-refractivity contribution in [1.82, 2.24) is 0 Å². The van der Waals surface area contributed by atoms with Gasteiger partial charge in [0.25, 0.3) is 0 Å². The van der Waals surface area contributed by atoms with Gasteiger partial charge in [0, 0.05) is 18.3 Å². The number of aliphatic hydroxyl groups is 1. The van der Waals surface area contributed by atoms with Crippen LogP contribution in [0.25, 0.3) is 0 Å². The maximum Gasteiger partial charge on any atom is 0.490 e. The number of Topliss-reactive ketones (excluding diaryl/α,β-unsaturated/α-hetero) is 1. The first kappa shape index (κ1) is 26.2. The average molecular weight is 501 g/mol. The molecule has 9 heteroatoms. The van der Waals surface area contributed by atoms with Crippen LogP contribution in [0, 0.1) is 41.4 Å². The lowest BCUT2D eigenvalue weighted by molar-refractivity contribution is -0.204. The van der Waals surface area contributed by atoms with E-state index in [4.69, 9.17) is 9.47 Å². The summed E-state index contributed by atoms with van der Waals surface area (Å²) in [6, 6.07) is 0.